The van der Waals surface area contributed by atoms with E-state index in [2.05, 4.69) is 18.7 Å². The van der Waals surface area contributed by atoms with Crippen LogP contribution in [0.3, 0.4) is 0 Å². The van der Waals surface area contributed by atoms with E-state index in [0.717, 1.165) is 19.6 Å². The predicted molar refractivity (Wildman–Crippen MR) is 96.8 cm³/mol. The molecular weight excluding hydrogens is 334 g/mol. The van der Waals surface area contributed by atoms with Gasteiger partial charge in [-0.1, -0.05) is 0 Å². The first-order valence-electron chi connectivity index (χ1n) is 9.32. The molecule has 0 unspecified atom stereocenters. The van der Waals surface area contributed by atoms with Gasteiger partial charge in [0.05, 0.1) is 17.9 Å². The monoisotopic (exact) mass is 363 g/mol. The molecule has 0 aliphatic carbocycles. The third-order valence-electron chi connectivity index (χ3n) is 5.46. The minimum atomic E-state index is -0.483. The number of ketones is 1. The Kier molecular flexibility index (Phi) is 5.79. The van der Waals surface area contributed by atoms with Gasteiger partial charge in [-0.3, -0.25) is 14.5 Å². The number of aromatic nitrogens is 1. The molecule has 1 aromatic rings. The molecule has 3 heterocycles. The summed E-state index contributed by atoms with van der Waals surface area (Å²) in [6.45, 7) is 7.63. The van der Waals surface area contributed by atoms with E-state index in [9.17, 15) is 14.7 Å². The number of aliphatic hydroxyl groups excluding tert-OH is 1. The van der Waals surface area contributed by atoms with Gasteiger partial charge >= 0.3 is 0 Å². The summed E-state index contributed by atoms with van der Waals surface area (Å²) >= 11 is 0. The number of aryl methyl sites for hydroxylation is 1. The highest BCUT2D eigenvalue weighted by Crippen LogP contribution is 2.26. The van der Waals surface area contributed by atoms with Gasteiger partial charge in [0.2, 0.25) is 0 Å². The molecule has 2 fully saturated rings. The molecule has 2 aliphatic heterocycles. The zero-order chi connectivity index (χ0) is 18.8. The Balaban J connectivity index is 1.64. The molecule has 0 bridgehead atoms. The fourth-order valence-electron chi connectivity index (χ4n) is 4.23. The fraction of sp³-hybridized carbons (Fsp3) is 0.684. The fourth-order valence-corrected chi connectivity index (χ4v) is 4.23. The van der Waals surface area contributed by atoms with Gasteiger partial charge in [0.25, 0.3) is 11.7 Å². The maximum absolute atomic E-state index is 12.6. The lowest BCUT2D eigenvalue weighted by Gasteiger charge is -2.37. The first-order chi connectivity index (χ1) is 12.4. The minimum absolute atomic E-state index is 0.00798. The molecule has 1 N–H and O–H groups in total. The largest absolute Gasteiger partial charge is 0.396 e. The van der Waals surface area contributed by atoms with E-state index >= 15 is 0 Å². The molecule has 1 amide bonds. The van der Waals surface area contributed by atoms with Crippen molar-refractivity contribution in [1.29, 1.82) is 0 Å². The second-order valence-electron chi connectivity index (χ2n) is 7.72. The number of rotatable bonds is 5. The summed E-state index contributed by atoms with van der Waals surface area (Å²) in [7, 11) is 1.75. The molecule has 2 aliphatic rings. The van der Waals surface area contributed by atoms with Crippen LogP contribution in [0.1, 0.15) is 24.3 Å². The van der Waals surface area contributed by atoms with Crippen molar-refractivity contribution >= 4 is 11.7 Å². The number of nitrogens with zero attached hydrogens (tertiary/aromatic N) is 3. The predicted octanol–water partition coefficient (Wildman–Crippen LogP) is 0.384. The number of ether oxygens (including phenoxy) is 1. The van der Waals surface area contributed by atoms with Crippen molar-refractivity contribution in [1.82, 2.24) is 14.4 Å². The number of Topliss-reactive ketones (excluding diaryl/α,β-unsaturated/α-hetero) is 1. The van der Waals surface area contributed by atoms with Gasteiger partial charge in [-0.2, -0.15) is 0 Å². The Morgan fingerprint density at radius 3 is 2.38 bits per heavy atom. The van der Waals surface area contributed by atoms with Crippen LogP contribution in [-0.2, 0) is 16.6 Å². The number of amides is 1. The van der Waals surface area contributed by atoms with E-state index in [1.165, 1.54) is 0 Å². The first kappa shape index (κ1) is 19.1. The van der Waals surface area contributed by atoms with Crippen molar-refractivity contribution in [2.45, 2.75) is 26.1 Å². The van der Waals surface area contributed by atoms with Crippen molar-refractivity contribution in [2.24, 2.45) is 18.9 Å². The molecule has 4 atom stereocenters. The summed E-state index contributed by atoms with van der Waals surface area (Å²) in [6, 6.07) is 3.42. The minimum Gasteiger partial charge on any atom is -0.396 e. The number of hydrogen-bond donors (Lipinski definition) is 1. The normalized spacial score (nSPS) is 29.9. The average Bonchev–Trinajstić information content (AvgIpc) is 3.18. The smallest absolute Gasteiger partial charge is 0.296 e. The summed E-state index contributed by atoms with van der Waals surface area (Å²) in [5.74, 6) is -0.781. The van der Waals surface area contributed by atoms with E-state index in [0.29, 0.717) is 18.8 Å². The van der Waals surface area contributed by atoms with E-state index in [-0.39, 0.29) is 30.7 Å². The lowest BCUT2D eigenvalue weighted by Crippen LogP contribution is -2.48. The topological polar surface area (TPSA) is 75.0 Å². The number of carbonyl (C=O) groups excluding carboxylic acids is 2. The van der Waals surface area contributed by atoms with E-state index in [4.69, 9.17) is 4.74 Å². The Labute approximate surface area is 154 Å². The molecular formula is C19H29N3O4. The van der Waals surface area contributed by atoms with Crippen molar-refractivity contribution < 1.29 is 19.4 Å². The second kappa shape index (κ2) is 7.90. The van der Waals surface area contributed by atoms with Gasteiger partial charge in [-0.25, -0.2) is 0 Å². The Morgan fingerprint density at radius 2 is 1.81 bits per heavy atom. The van der Waals surface area contributed by atoms with Crippen LogP contribution in [0.4, 0.5) is 0 Å². The molecule has 7 heteroatoms. The van der Waals surface area contributed by atoms with Crippen LogP contribution in [0, 0.1) is 11.8 Å². The van der Waals surface area contributed by atoms with Crippen LogP contribution in [-0.4, -0.2) is 82.7 Å². The van der Waals surface area contributed by atoms with E-state index in [1.54, 1.807) is 34.8 Å². The van der Waals surface area contributed by atoms with E-state index < -0.39 is 11.7 Å². The zero-order valence-corrected chi connectivity index (χ0v) is 15.8. The summed E-state index contributed by atoms with van der Waals surface area (Å²) in [5.41, 5.74) is 0.398. The van der Waals surface area contributed by atoms with Crippen LogP contribution in [0.15, 0.2) is 18.3 Å². The van der Waals surface area contributed by atoms with Gasteiger partial charge in [0.15, 0.2) is 0 Å². The molecule has 0 spiro atoms. The molecule has 1 aromatic heterocycles. The van der Waals surface area contributed by atoms with Gasteiger partial charge < -0.3 is 19.3 Å². The number of hydrogen-bond acceptors (Lipinski definition) is 5. The van der Waals surface area contributed by atoms with Gasteiger partial charge in [-0.05, 0) is 31.9 Å². The molecule has 0 saturated carbocycles. The van der Waals surface area contributed by atoms with Crippen LogP contribution in [0.25, 0.3) is 0 Å². The Bertz CT molecular complexity index is 649. The van der Waals surface area contributed by atoms with Crippen LogP contribution >= 0.6 is 0 Å². The van der Waals surface area contributed by atoms with Crippen LogP contribution < -0.4 is 0 Å². The summed E-state index contributed by atoms with van der Waals surface area (Å²) in [5, 5.41) is 9.77. The van der Waals surface area contributed by atoms with Crippen molar-refractivity contribution in [3.63, 3.8) is 0 Å². The highest BCUT2D eigenvalue weighted by atomic mass is 16.5. The third-order valence-corrected chi connectivity index (χ3v) is 5.46. The molecule has 2 saturated heterocycles. The maximum atomic E-state index is 12.6. The van der Waals surface area contributed by atoms with Crippen molar-refractivity contribution in [2.75, 3.05) is 39.3 Å². The highest BCUT2D eigenvalue weighted by Gasteiger charge is 2.39. The summed E-state index contributed by atoms with van der Waals surface area (Å²) in [6.07, 6.45) is 2.12. The van der Waals surface area contributed by atoms with Crippen LogP contribution in [0.5, 0.6) is 0 Å². The molecule has 144 valence electrons. The molecule has 0 aromatic carbocycles. The number of morpholine rings is 1. The quantitative estimate of drug-likeness (QED) is 0.605. The zero-order valence-electron chi connectivity index (χ0n) is 15.8. The van der Waals surface area contributed by atoms with E-state index in [1.807, 2.05) is 0 Å². The van der Waals surface area contributed by atoms with Gasteiger partial charge in [0.1, 0.15) is 0 Å². The lowest BCUT2D eigenvalue weighted by molar-refractivity contribution is -0.125. The Morgan fingerprint density at radius 1 is 1.15 bits per heavy atom. The van der Waals surface area contributed by atoms with Gasteiger partial charge in [-0.15, -0.1) is 0 Å². The number of aliphatic hydroxyl groups is 1. The van der Waals surface area contributed by atoms with Crippen LogP contribution in [0.2, 0.25) is 0 Å². The lowest BCUT2D eigenvalue weighted by atomic mass is 9.96. The molecule has 3 rings (SSSR count). The highest BCUT2D eigenvalue weighted by molar-refractivity contribution is 6.42. The second-order valence-corrected chi connectivity index (χ2v) is 7.72. The number of carbonyl (C=O) groups is 2. The van der Waals surface area contributed by atoms with Crippen molar-refractivity contribution in [3.8, 4) is 0 Å². The summed E-state index contributed by atoms with van der Waals surface area (Å²) in [4.78, 5) is 29.1. The molecule has 0 radical (unpaired) electrons. The molecule has 26 heavy (non-hydrogen) atoms. The standard InChI is InChI=1S/C19H29N3O4/c1-13-7-21(8-14(2)26-13)9-15-10-22(11-16(15)12-23)19(25)18(24)17-5-4-6-20(17)3/h4-6,13-16,23H,7-12H2,1-3H3/t13-,14+,15-,16-/m1/s1. The first-order valence-corrected chi connectivity index (χ1v) is 9.32. The maximum Gasteiger partial charge on any atom is 0.296 e. The average molecular weight is 363 g/mol. The number of likely N-dealkylation sites (tertiary alicyclic amines) is 1. The van der Waals surface area contributed by atoms with Gasteiger partial charge in [0, 0.05) is 58.5 Å². The third kappa shape index (κ3) is 4.00. The SMILES string of the molecule is C[C@@H]1CN(C[C@@H]2CN(C(=O)C(=O)c3cccn3C)C[C@@H]2CO)C[C@H](C)O1. The molecule has 7 nitrogen and oxygen atoms in total. The van der Waals surface area contributed by atoms with Crippen molar-refractivity contribution in [3.05, 3.63) is 24.0 Å². The summed E-state index contributed by atoms with van der Waals surface area (Å²) < 4.78 is 7.44. The Hall–Kier alpha value is -1.70.